The van der Waals surface area contributed by atoms with Crippen LogP contribution < -0.4 is 4.74 Å². The molecule has 0 aliphatic carbocycles. The average Bonchev–Trinajstić information content (AvgIpc) is 2.93. The summed E-state index contributed by atoms with van der Waals surface area (Å²) in [6.07, 6.45) is -1.96. The Labute approximate surface area is 229 Å². The van der Waals surface area contributed by atoms with Gasteiger partial charge in [0.15, 0.2) is 0 Å². The fourth-order valence-corrected chi connectivity index (χ4v) is 6.09. The number of thioether (sulfide) groups is 1. The number of rotatable bonds is 11. The number of likely N-dealkylation sites (tertiary alicyclic amines) is 1. The minimum Gasteiger partial charge on any atom is -0.497 e. The van der Waals surface area contributed by atoms with Crippen LogP contribution in [0.1, 0.15) is 43.0 Å². The van der Waals surface area contributed by atoms with Crippen molar-refractivity contribution in [1.82, 2.24) is 9.88 Å². The van der Waals surface area contributed by atoms with Crippen molar-refractivity contribution in [1.29, 1.82) is 0 Å². The summed E-state index contributed by atoms with van der Waals surface area (Å²) in [6, 6.07) is 12.3. The minimum absolute atomic E-state index is 0.126. The minimum atomic E-state index is -4.37. The number of benzene rings is 2. The van der Waals surface area contributed by atoms with Gasteiger partial charge in [-0.2, -0.15) is 13.2 Å². The average molecular weight is 565 g/mol. The largest absolute Gasteiger partial charge is 0.497 e. The number of aromatic nitrogens is 1. The van der Waals surface area contributed by atoms with Crippen molar-refractivity contribution < 1.29 is 32.2 Å². The maximum absolute atomic E-state index is 15.4. The molecule has 0 amide bonds. The maximum atomic E-state index is 15.4. The molecule has 1 fully saturated rings. The van der Waals surface area contributed by atoms with Crippen LogP contribution >= 0.6 is 11.8 Å². The van der Waals surface area contributed by atoms with Crippen molar-refractivity contribution in [3.63, 3.8) is 0 Å². The third kappa shape index (κ3) is 7.63. The number of piperidine rings is 1. The van der Waals surface area contributed by atoms with E-state index in [2.05, 4.69) is 9.88 Å². The summed E-state index contributed by atoms with van der Waals surface area (Å²) in [7, 11) is 1.55. The molecule has 1 aliphatic heterocycles. The Kier molecular flexibility index (Phi) is 9.71. The van der Waals surface area contributed by atoms with Crippen LogP contribution in [-0.4, -0.2) is 53.5 Å². The molecule has 1 saturated heterocycles. The Morgan fingerprint density at radius 1 is 1.23 bits per heavy atom. The highest BCUT2D eigenvalue weighted by atomic mass is 32.2. The van der Waals surface area contributed by atoms with Gasteiger partial charge in [0, 0.05) is 23.0 Å². The number of carbonyl (C=O) groups is 1. The number of ether oxygens (including phenoxy) is 1. The molecule has 3 atom stereocenters. The highest BCUT2D eigenvalue weighted by Crippen LogP contribution is 2.36. The first-order valence-corrected chi connectivity index (χ1v) is 14.0. The van der Waals surface area contributed by atoms with Gasteiger partial charge in [-0.1, -0.05) is 6.07 Å². The Bertz CT molecular complexity index is 1270. The van der Waals surface area contributed by atoms with Gasteiger partial charge < -0.3 is 14.7 Å². The Balaban J connectivity index is 1.28. The third-order valence-electron chi connectivity index (χ3n) is 7.32. The number of carboxylic acids is 1. The topological polar surface area (TPSA) is 62.7 Å². The number of nitrogens with zero attached hydrogens (tertiary/aromatic N) is 2. The number of aliphatic carboxylic acids is 1. The molecule has 0 radical (unpaired) electrons. The van der Waals surface area contributed by atoms with Crippen molar-refractivity contribution in [2.24, 2.45) is 11.8 Å². The van der Waals surface area contributed by atoms with E-state index in [9.17, 15) is 23.1 Å². The smallest absolute Gasteiger partial charge is 0.416 e. The molecular formula is C29H32F4N2O3S. The molecule has 1 aromatic heterocycles. The van der Waals surface area contributed by atoms with E-state index in [-0.39, 0.29) is 12.3 Å². The molecule has 210 valence electrons. The van der Waals surface area contributed by atoms with Crippen molar-refractivity contribution in [2.45, 2.75) is 42.9 Å². The molecule has 5 nitrogen and oxygen atoms in total. The van der Waals surface area contributed by atoms with Crippen LogP contribution in [0.15, 0.2) is 59.6 Å². The highest BCUT2D eigenvalue weighted by Gasteiger charge is 2.34. The lowest BCUT2D eigenvalue weighted by atomic mass is 9.81. The number of fused-ring (bicyclic) bond motifs is 1. The second-order valence-electron chi connectivity index (χ2n) is 9.85. The third-order valence-corrected chi connectivity index (χ3v) is 8.40. The van der Waals surface area contributed by atoms with Gasteiger partial charge in [-0.25, -0.2) is 4.39 Å². The first kappa shape index (κ1) is 29.1. The summed E-state index contributed by atoms with van der Waals surface area (Å²) in [5.74, 6) is -0.337. The van der Waals surface area contributed by atoms with Gasteiger partial charge in [-0.15, -0.1) is 11.8 Å². The van der Waals surface area contributed by atoms with Gasteiger partial charge in [0.2, 0.25) is 0 Å². The van der Waals surface area contributed by atoms with E-state index in [4.69, 9.17) is 4.74 Å². The van der Waals surface area contributed by atoms with Gasteiger partial charge >= 0.3 is 12.1 Å². The maximum Gasteiger partial charge on any atom is 0.416 e. The lowest BCUT2D eigenvalue weighted by molar-refractivity contribution is -0.146. The van der Waals surface area contributed by atoms with Crippen molar-refractivity contribution >= 4 is 28.6 Å². The molecule has 2 heterocycles. The van der Waals surface area contributed by atoms with Gasteiger partial charge in [0.1, 0.15) is 11.9 Å². The summed E-state index contributed by atoms with van der Waals surface area (Å²) < 4.78 is 59.4. The monoisotopic (exact) mass is 564 g/mol. The molecule has 2 aromatic carbocycles. The van der Waals surface area contributed by atoms with Gasteiger partial charge in [-0.3, -0.25) is 9.78 Å². The summed E-state index contributed by atoms with van der Waals surface area (Å²) in [6.45, 7) is 1.77. The van der Waals surface area contributed by atoms with Crippen molar-refractivity contribution in [3.05, 3.63) is 65.9 Å². The number of carboxylic acid groups (broad SMARTS) is 1. The van der Waals surface area contributed by atoms with Crippen LogP contribution in [0, 0.1) is 11.8 Å². The lowest BCUT2D eigenvalue weighted by Gasteiger charge is -2.36. The van der Waals surface area contributed by atoms with E-state index in [1.54, 1.807) is 43.6 Å². The zero-order valence-corrected chi connectivity index (χ0v) is 22.5. The van der Waals surface area contributed by atoms with Crippen LogP contribution in [0.3, 0.4) is 0 Å². The van der Waals surface area contributed by atoms with Crippen LogP contribution in [0.2, 0.25) is 0 Å². The van der Waals surface area contributed by atoms with E-state index in [1.807, 2.05) is 0 Å². The summed E-state index contributed by atoms with van der Waals surface area (Å²) >= 11 is 1.36. The molecule has 0 unspecified atom stereocenters. The normalized spacial score (nSPS) is 19.2. The molecule has 0 saturated carbocycles. The predicted octanol–water partition coefficient (Wildman–Crippen LogP) is 7.26. The van der Waals surface area contributed by atoms with E-state index in [0.717, 1.165) is 25.1 Å². The summed E-state index contributed by atoms with van der Waals surface area (Å²) in [4.78, 5) is 19.0. The molecule has 10 heteroatoms. The quantitative estimate of drug-likeness (QED) is 0.150. The van der Waals surface area contributed by atoms with Gasteiger partial charge in [0.25, 0.3) is 0 Å². The summed E-state index contributed by atoms with van der Waals surface area (Å²) in [5.41, 5.74) is 0.548. The Morgan fingerprint density at radius 3 is 2.79 bits per heavy atom. The highest BCUT2D eigenvalue weighted by molar-refractivity contribution is 7.99. The zero-order chi connectivity index (χ0) is 28.0. The number of alkyl halides is 4. The first-order valence-electron chi connectivity index (χ1n) is 13.0. The molecular weight excluding hydrogens is 532 g/mol. The Morgan fingerprint density at radius 2 is 2.05 bits per heavy atom. The number of hydrogen-bond acceptors (Lipinski definition) is 5. The second-order valence-corrected chi connectivity index (χ2v) is 11.0. The molecule has 1 N–H and O–H groups in total. The fourth-order valence-electron chi connectivity index (χ4n) is 5.20. The van der Waals surface area contributed by atoms with E-state index in [1.165, 1.54) is 17.8 Å². The number of hydrogen-bond donors (Lipinski definition) is 1. The second kappa shape index (κ2) is 13.0. The molecule has 39 heavy (non-hydrogen) atoms. The molecule has 0 spiro atoms. The first-order chi connectivity index (χ1) is 18.7. The number of methoxy groups -OCH3 is 1. The van der Waals surface area contributed by atoms with E-state index >= 15 is 4.39 Å². The van der Waals surface area contributed by atoms with Gasteiger partial charge in [0.05, 0.1) is 24.1 Å². The van der Waals surface area contributed by atoms with Crippen LogP contribution in [0.5, 0.6) is 5.75 Å². The summed E-state index contributed by atoms with van der Waals surface area (Å²) in [5, 5.41) is 10.6. The number of pyridine rings is 1. The predicted molar refractivity (Wildman–Crippen MR) is 144 cm³/mol. The Hall–Kier alpha value is -2.85. The van der Waals surface area contributed by atoms with Gasteiger partial charge in [-0.05, 0) is 98.5 Å². The SMILES string of the molecule is COc1ccc2nccc([C@H](F)CC[C@@H]3CCN(CCCSc4cccc(C(F)(F)F)c4)C[C@@H]3C(=O)O)c2c1. The van der Waals surface area contributed by atoms with E-state index in [0.29, 0.717) is 58.8 Å². The van der Waals surface area contributed by atoms with E-state index < -0.39 is 29.8 Å². The number of halogens is 4. The van der Waals surface area contributed by atoms with Crippen molar-refractivity contribution in [2.75, 3.05) is 32.5 Å². The zero-order valence-electron chi connectivity index (χ0n) is 21.7. The molecule has 1 aliphatic rings. The van der Waals surface area contributed by atoms with Crippen LogP contribution in [0.4, 0.5) is 17.6 Å². The molecule has 3 aromatic rings. The fraction of sp³-hybridized carbons (Fsp3) is 0.448. The molecule has 0 bridgehead atoms. The van der Waals surface area contributed by atoms with Crippen molar-refractivity contribution in [3.8, 4) is 5.75 Å². The van der Waals surface area contributed by atoms with Crippen LogP contribution in [0.25, 0.3) is 10.9 Å². The molecule has 4 rings (SSSR count). The van der Waals surface area contributed by atoms with Crippen LogP contribution in [-0.2, 0) is 11.0 Å². The standard InChI is InChI=1S/C29H32F4N2O3S/c1-38-21-7-9-27-24(17-21)23(10-12-34-27)26(30)8-6-19-11-14-35(18-25(19)28(36)37)13-3-15-39-22-5-2-4-20(16-22)29(31,32)33/h2,4-5,7,9-10,12,16-17,19,25-26H,3,6,8,11,13-15,18H2,1H3,(H,36,37)/t19-,25+,26-/m1/s1. The lowest BCUT2D eigenvalue weighted by Crippen LogP contribution is -2.44.